The van der Waals surface area contributed by atoms with E-state index < -0.39 is 0 Å². The molecule has 1 atom stereocenters. The standard InChI is InChI=1S/C17H23N3O2S/c1-2-15(21)9-11-19-17(22)18-10-8-14-12-23-16(20-14)13-6-4-3-5-7-13/h3-7,12,15,21H,2,8-11H2,1H3,(H2,18,19,22). The van der Waals surface area contributed by atoms with Crippen molar-refractivity contribution < 1.29 is 9.90 Å². The molecule has 2 amide bonds. The number of rotatable bonds is 8. The zero-order valence-electron chi connectivity index (χ0n) is 13.3. The lowest BCUT2D eigenvalue weighted by molar-refractivity contribution is 0.160. The highest BCUT2D eigenvalue weighted by Crippen LogP contribution is 2.23. The Hall–Kier alpha value is -1.92. The van der Waals surface area contributed by atoms with Crippen LogP contribution in [0.5, 0.6) is 0 Å². The molecule has 0 fully saturated rings. The quantitative estimate of drug-likeness (QED) is 0.695. The van der Waals surface area contributed by atoms with Crippen molar-refractivity contribution in [2.75, 3.05) is 13.1 Å². The molecule has 3 N–H and O–H groups in total. The molecule has 124 valence electrons. The zero-order valence-corrected chi connectivity index (χ0v) is 14.1. The molecule has 1 aromatic heterocycles. The molecule has 1 heterocycles. The molecule has 0 saturated heterocycles. The Morgan fingerprint density at radius 3 is 2.74 bits per heavy atom. The first-order valence-electron chi connectivity index (χ1n) is 7.88. The van der Waals surface area contributed by atoms with Crippen LogP contribution in [-0.4, -0.2) is 35.3 Å². The van der Waals surface area contributed by atoms with Crippen LogP contribution >= 0.6 is 11.3 Å². The molecule has 0 radical (unpaired) electrons. The molecular weight excluding hydrogens is 310 g/mol. The number of carbonyl (C=O) groups is 1. The summed E-state index contributed by atoms with van der Waals surface area (Å²) in [5.41, 5.74) is 2.10. The summed E-state index contributed by atoms with van der Waals surface area (Å²) < 4.78 is 0. The molecule has 0 saturated carbocycles. The maximum atomic E-state index is 11.6. The van der Waals surface area contributed by atoms with Crippen molar-refractivity contribution in [2.24, 2.45) is 0 Å². The third kappa shape index (κ3) is 6.00. The van der Waals surface area contributed by atoms with E-state index in [0.717, 1.165) is 16.3 Å². The molecule has 0 aliphatic rings. The fraction of sp³-hybridized carbons (Fsp3) is 0.412. The molecule has 5 nitrogen and oxygen atoms in total. The highest BCUT2D eigenvalue weighted by Gasteiger charge is 2.06. The second-order valence-corrected chi connectivity index (χ2v) is 6.15. The minimum absolute atomic E-state index is 0.202. The molecule has 0 spiro atoms. The van der Waals surface area contributed by atoms with Gasteiger partial charge in [-0.2, -0.15) is 0 Å². The first-order valence-corrected chi connectivity index (χ1v) is 8.76. The number of nitrogens with one attached hydrogen (secondary N) is 2. The Morgan fingerprint density at radius 2 is 2.00 bits per heavy atom. The maximum absolute atomic E-state index is 11.6. The third-order valence-electron chi connectivity index (χ3n) is 3.47. The molecule has 2 rings (SSSR count). The van der Waals surface area contributed by atoms with E-state index in [0.29, 0.717) is 32.4 Å². The Morgan fingerprint density at radius 1 is 1.26 bits per heavy atom. The number of hydrogen-bond acceptors (Lipinski definition) is 4. The van der Waals surface area contributed by atoms with Gasteiger partial charge >= 0.3 is 6.03 Å². The zero-order chi connectivity index (χ0) is 16.5. The Bertz CT molecular complexity index is 601. The topological polar surface area (TPSA) is 74.2 Å². The van der Waals surface area contributed by atoms with E-state index in [4.69, 9.17) is 0 Å². The van der Waals surface area contributed by atoms with Crippen LogP contribution in [0.4, 0.5) is 4.79 Å². The van der Waals surface area contributed by atoms with E-state index in [2.05, 4.69) is 15.6 Å². The Labute approximate surface area is 140 Å². The number of hydrogen-bond donors (Lipinski definition) is 3. The molecule has 2 aromatic rings. The summed E-state index contributed by atoms with van der Waals surface area (Å²) in [6.45, 7) is 2.94. The minimum atomic E-state index is -0.346. The summed E-state index contributed by atoms with van der Waals surface area (Å²) in [5.74, 6) is 0. The van der Waals surface area contributed by atoms with Crippen LogP contribution in [-0.2, 0) is 6.42 Å². The van der Waals surface area contributed by atoms with Crippen molar-refractivity contribution in [1.29, 1.82) is 0 Å². The van der Waals surface area contributed by atoms with Crippen molar-refractivity contribution in [1.82, 2.24) is 15.6 Å². The van der Waals surface area contributed by atoms with Gasteiger partial charge in [-0.1, -0.05) is 37.3 Å². The van der Waals surface area contributed by atoms with Crippen LogP contribution in [0.25, 0.3) is 10.6 Å². The van der Waals surface area contributed by atoms with Gasteiger partial charge in [0.25, 0.3) is 0 Å². The first kappa shape index (κ1) is 17.4. The van der Waals surface area contributed by atoms with Crippen LogP contribution in [0.2, 0.25) is 0 Å². The van der Waals surface area contributed by atoms with Gasteiger partial charge < -0.3 is 15.7 Å². The van der Waals surface area contributed by atoms with Crippen molar-refractivity contribution in [3.63, 3.8) is 0 Å². The van der Waals surface area contributed by atoms with E-state index >= 15 is 0 Å². The number of benzene rings is 1. The number of aliphatic hydroxyl groups excluding tert-OH is 1. The van der Waals surface area contributed by atoms with Gasteiger partial charge in [0.15, 0.2) is 0 Å². The van der Waals surface area contributed by atoms with Gasteiger partial charge in [0.1, 0.15) is 5.01 Å². The number of amides is 2. The second kappa shape index (κ2) is 9.27. The predicted octanol–water partition coefficient (Wildman–Crippen LogP) is 2.81. The number of carbonyl (C=O) groups excluding carboxylic acids is 1. The van der Waals surface area contributed by atoms with Crippen LogP contribution < -0.4 is 10.6 Å². The molecule has 23 heavy (non-hydrogen) atoms. The second-order valence-electron chi connectivity index (χ2n) is 5.29. The highest BCUT2D eigenvalue weighted by molar-refractivity contribution is 7.13. The number of aromatic nitrogens is 1. The van der Waals surface area contributed by atoms with E-state index in [1.54, 1.807) is 11.3 Å². The van der Waals surface area contributed by atoms with Crippen LogP contribution in [0, 0.1) is 0 Å². The van der Waals surface area contributed by atoms with Crippen LogP contribution in [0.3, 0.4) is 0 Å². The summed E-state index contributed by atoms with van der Waals surface area (Å²) in [5, 5.41) is 18.0. The number of nitrogens with zero attached hydrogens (tertiary/aromatic N) is 1. The summed E-state index contributed by atoms with van der Waals surface area (Å²) >= 11 is 1.61. The fourth-order valence-electron chi connectivity index (χ4n) is 2.06. The molecule has 0 aliphatic heterocycles. The molecule has 6 heteroatoms. The minimum Gasteiger partial charge on any atom is -0.393 e. The van der Waals surface area contributed by atoms with Crippen molar-refractivity contribution in [3.8, 4) is 10.6 Å². The third-order valence-corrected chi connectivity index (χ3v) is 4.41. The van der Waals surface area contributed by atoms with Gasteiger partial charge in [0.05, 0.1) is 11.8 Å². The maximum Gasteiger partial charge on any atom is 0.314 e. The van der Waals surface area contributed by atoms with E-state index in [-0.39, 0.29) is 12.1 Å². The van der Waals surface area contributed by atoms with Gasteiger partial charge in [0.2, 0.25) is 0 Å². The molecule has 0 aliphatic carbocycles. The summed E-state index contributed by atoms with van der Waals surface area (Å²) in [6, 6.07) is 9.86. The van der Waals surface area contributed by atoms with Gasteiger partial charge in [-0.05, 0) is 12.8 Å². The highest BCUT2D eigenvalue weighted by atomic mass is 32.1. The van der Waals surface area contributed by atoms with Crippen molar-refractivity contribution >= 4 is 17.4 Å². The van der Waals surface area contributed by atoms with Crippen LogP contribution in [0.15, 0.2) is 35.7 Å². The number of urea groups is 1. The molecular formula is C17H23N3O2S. The fourth-order valence-corrected chi connectivity index (χ4v) is 2.92. The lowest BCUT2D eigenvalue weighted by Gasteiger charge is -2.09. The number of aliphatic hydroxyl groups is 1. The monoisotopic (exact) mass is 333 g/mol. The average molecular weight is 333 g/mol. The van der Waals surface area contributed by atoms with E-state index in [9.17, 15) is 9.90 Å². The van der Waals surface area contributed by atoms with E-state index in [1.165, 1.54) is 0 Å². The lowest BCUT2D eigenvalue weighted by atomic mass is 10.2. The van der Waals surface area contributed by atoms with Crippen molar-refractivity contribution in [3.05, 3.63) is 41.4 Å². The summed E-state index contributed by atoms with van der Waals surface area (Å²) in [4.78, 5) is 16.2. The van der Waals surface area contributed by atoms with Crippen molar-refractivity contribution in [2.45, 2.75) is 32.3 Å². The Balaban J connectivity index is 1.68. The summed E-state index contributed by atoms with van der Waals surface area (Å²) in [7, 11) is 0. The molecule has 1 unspecified atom stereocenters. The van der Waals surface area contributed by atoms with Gasteiger partial charge in [0, 0.05) is 30.5 Å². The van der Waals surface area contributed by atoms with Gasteiger partial charge in [-0.15, -0.1) is 11.3 Å². The van der Waals surface area contributed by atoms with Gasteiger partial charge in [-0.25, -0.2) is 9.78 Å². The van der Waals surface area contributed by atoms with Gasteiger partial charge in [-0.3, -0.25) is 0 Å². The smallest absolute Gasteiger partial charge is 0.314 e. The molecule has 1 aromatic carbocycles. The number of thiazole rings is 1. The molecule has 0 bridgehead atoms. The normalized spacial score (nSPS) is 11.9. The lowest BCUT2D eigenvalue weighted by Crippen LogP contribution is -2.37. The largest absolute Gasteiger partial charge is 0.393 e. The first-order chi connectivity index (χ1) is 11.2. The summed E-state index contributed by atoms with van der Waals surface area (Å²) in [6.07, 6.45) is 1.64. The predicted molar refractivity (Wildman–Crippen MR) is 93.6 cm³/mol. The SMILES string of the molecule is CCC(O)CCNC(=O)NCCc1csc(-c2ccccc2)n1. The Kier molecular flexibility index (Phi) is 7.03. The van der Waals surface area contributed by atoms with E-state index in [1.807, 2.05) is 42.6 Å². The van der Waals surface area contributed by atoms with Crippen LogP contribution in [0.1, 0.15) is 25.5 Å². The average Bonchev–Trinajstić information content (AvgIpc) is 3.04.